The van der Waals surface area contributed by atoms with E-state index < -0.39 is 5.41 Å². The standard InChI is InChI=1S/C14H28N2O3/c1-12(2)19-8-4-3-7-16-13(17)14(11-15)5-9-18-10-6-14/h12H,3-11,15H2,1-2H3,(H,16,17). The van der Waals surface area contributed by atoms with Gasteiger partial charge in [-0.1, -0.05) is 0 Å². The van der Waals surface area contributed by atoms with Crippen molar-refractivity contribution >= 4 is 5.91 Å². The lowest BCUT2D eigenvalue weighted by Gasteiger charge is -2.34. The first kappa shape index (κ1) is 16.4. The van der Waals surface area contributed by atoms with Crippen LogP contribution < -0.4 is 11.1 Å². The molecule has 0 aromatic heterocycles. The summed E-state index contributed by atoms with van der Waals surface area (Å²) in [4.78, 5) is 12.2. The quantitative estimate of drug-likeness (QED) is 0.648. The predicted molar refractivity (Wildman–Crippen MR) is 74.9 cm³/mol. The van der Waals surface area contributed by atoms with Crippen molar-refractivity contribution in [3.63, 3.8) is 0 Å². The molecule has 0 radical (unpaired) electrons. The summed E-state index contributed by atoms with van der Waals surface area (Å²) in [6.07, 6.45) is 3.64. The molecule has 1 aliphatic rings. The zero-order chi connectivity index (χ0) is 14.1. The molecule has 5 heteroatoms. The van der Waals surface area contributed by atoms with Gasteiger partial charge in [0.2, 0.25) is 5.91 Å². The summed E-state index contributed by atoms with van der Waals surface area (Å²) in [7, 11) is 0. The van der Waals surface area contributed by atoms with E-state index in [1.54, 1.807) is 0 Å². The molecule has 0 aliphatic carbocycles. The Morgan fingerprint density at radius 3 is 2.63 bits per heavy atom. The Kier molecular flexibility index (Phi) is 7.34. The summed E-state index contributed by atoms with van der Waals surface area (Å²) in [5.41, 5.74) is 5.38. The SMILES string of the molecule is CC(C)OCCCCNC(=O)C1(CN)CCOCC1. The Morgan fingerprint density at radius 1 is 1.37 bits per heavy atom. The molecule has 1 amide bonds. The minimum absolute atomic E-state index is 0.0862. The fraction of sp³-hybridized carbons (Fsp3) is 0.929. The third-order valence-electron chi connectivity index (χ3n) is 3.63. The van der Waals surface area contributed by atoms with Gasteiger partial charge >= 0.3 is 0 Å². The van der Waals surface area contributed by atoms with Crippen LogP contribution in [0.3, 0.4) is 0 Å². The second kappa shape index (κ2) is 8.51. The second-order valence-electron chi connectivity index (χ2n) is 5.48. The van der Waals surface area contributed by atoms with Crippen molar-refractivity contribution in [1.29, 1.82) is 0 Å². The van der Waals surface area contributed by atoms with Gasteiger partial charge in [-0.05, 0) is 39.5 Å². The molecule has 1 fully saturated rings. The summed E-state index contributed by atoms with van der Waals surface area (Å²) in [5, 5.41) is 3.00. The summed E-state index contributed by atoms with van der Waals surface area (Å²) < 4.78 is 10.8. The lowest BCUT2D eigenvalue weighted by Crippen LogP contribution is -2.49. The van der Waals surface area contributed by atoms with Gasteiger partial charge < -0.3 is 20.5 Å². The Hall–Kier alpha value is -0.650. The highest BCUT2D eigenvalue weighted by Gasteiger charge is 2.38. The van der Waals surface area contributed by atoms with Crippen LogP contribution in [0.2, 0.25) is 0 Å². The Balaban J connectivity index is 2.18. The molecule has 0 aromatic rings. The Labute approximate surface area is 116 Å². The topological polar surface area (TPSA) is 73.6 Å². The van der Waals surface area contributed by atoms with Crippen molar-refractivity contribution in [3.8, 4) is 0 Å². The molecular weight excluding hydrogens is 244 g/mol. The van der Waals surface area contributed by atoms with Crippen LogP contribution in [0.15, 0.2) is 0 Å². The highest BCUT2D eigenvalue weighted by Crippen LogP contribution is 2.29. The number of hydrogen-bond donors (Lipinski definition) is 2. The van der Waals surface area contributed by atoms with E-state index in [9.17, 15) is 4.79 Å². The molecule has 112 valence electrons. The van der Waals surface area contributed by atoms with E-state index in [-0.39, 0.29) is 12.0 Å². The Morgan fingerprint density at radius 2 is 2.05 bits per heavy atom. The van der Waals surface area contributed by atoms with E-state index in [2.05, 4.69) is 5.32 Å². The largest absolute Gasteiger partial charge is 0.381 e. The van der Waals surface area contributed by atoms with Crippen molar-refractivity contribution in [2.24, 2.45) is 11.1 Å². The molecule has 5 nitrogen and oxygen atoms in total. The van der Waals surface area contributed by atoms with Crippen molar-refractivity contribution in [2.75, 3.05) is 32.9 Å². The molecule has 0 unspecified atom stereocenters. The number of rotatable bonds is 8. The molecule has 1 rings (SSSR count). The van der Waals surface area contributed by atoms with E-state index in [1.807, 2.05) is 13.8 Å². The summed E-state index contributed by atoms with van der Waals surface area (Å²) >= 11 is 0. The fourth-order valence-electron chi connectivity index (χ4n) is 2.22. The normalized spacial score (nSPS) is 18.5. The van der Waals surface area contributed by atoms with E-state index in [1.165, 1.54) is 0 Å². The predicted octanol–water partition coefficient (Wildman–Crippen LogP) is 1.06. The number of ether oxygens (including phenoxy) is 2. The molecule has 1 heterocycles. The average molecular weight is 272 g/mol. The van der Waals surface area contributed by atoms with Gasteiger partial charge in [-0.25, -0.2) is 0 Å². The van der Waals surface area contributed by atoms with Crippen molar-refractivity contribution < 1.29 is 14.3 Å². The van der Waals surface area contributed by atoms with Crippen molar-refractivity contribution in [1.82, 2.24) is 5.32 Å². The summed E-state index contributed by atoms with van der Waals surface area (Å²) in [6, 6.07) is 0. The molecule has 0 aromatic carbocycles. The number of nitrogens with two attached hydrogens (primary N) is 1. The second-order valence-corrected chi connectivity index (χ2v) is 5.48. The number of carbonyl (C=O) groups excluding carboxylic acids is 1. The molecule has 3 N–H and O–H groups in total. The average Bonchev–Trinajstić information content (AvgIpc) is 2.42. The molecule has 1 saturated heterocycles. The molecule has 0 spiro atoms. The van der Waals surface area contributed by atoms with Crippen LogP contribution in [0, 0.1) is 5.41 Å². The van der Waals surface area contributed by atoms with Crippen LogP contribution >= 0.6 is 0 Å². The van der Waals surface area contributed by atoms with Crippen LogP contribution in [0.5, 0.6) is 0 Å². The van der Waals surface area contributed by atoms with Crippen LogP contribution in [0.1, 0.15) is 39.5 Å². The van der Waals surface area contributed by atoms with Crippen LogP contribution in [-0.2, 0) is 14.3 Å². The smallest absolute Gasteiger partial charge is 0.227 e. The first-order chi connectivity index (χ1) is 9.10. The van der Waals surface area contributed by atoms with Crippen molar-refractivity contribution in [3.05, 3.63) is 0 Å². The lowest BCUT2D eigenvalue weighted by atomic mass is 9.79. The maximum Gasteiger partial charge on any atom is 0.227 e. The van der Waals surface area contributed by atoms with Crippen LogP contribution in [0.25, 0.3) is 0 Å². The fourth-order valence-corrected chi connectivity index (χ4v) is 2.22. The summed E-state index contributed by atoms with van der Waals surface area (Å²) in [6.45, 7) is 7.17. The summed E-state index contributed by atoms with van der Waals surface area (Å²) in [5.74, 6) is 0.0862. The maximum atomic E-state index is 12.2. The zero-order valence-corrected chi connectivity index (χ0v) is 12.2. The van der Waals surface area contributed by atoms with E-state index in [0.29, 0.717) is 26.3 Å². The minimum atomic E-state index is -0.410. The van der Waals surface area contributed by atoms with Gasteiger partial charge in [0.15, 0.2) is 0 Å². The number of amides is 1. The first-order valence-corrected chi connectivity index (χ1v) is 7.28. The molecule has 19 heavy (non-hydrogen) atoms. The third-order valence-corrected chi connectivity index (χ3v) is 3.63. The van der Waals surface area contributed by atoms with Crippen molar-refractivity contribution in [2.45, 2.75) is 45.6 Å². The van der Waals surface area contributed by atoms with Gasteiger partial charge in [0.1, 0.15) is 0 Å². The monoisotopic (exact) mass is 272 g/mol. The molecule has 0 saturated carbocycles. The highest BCUT2D eigenvalue weighted by atomic mass is 16.5. The minimum Gasteiger partial charge on any atom is -0.381 e. The molecule has 0 bridgehead atoms. The van der Waals surface area contributed by atoms with Crippen LogP contribution in [-0.4, -0.2) is 44.9 Å². The van der Waals surface area contributed by atoms with Gasteiger partial charge in [0, 0.05) is 32.9 Å². The first-order valence-electron chi connectivity index (χ1n) is 7.28. The Bertz CT molecular complexity index is 263. The number of unbranched alkanes of at least 4 members (excludes halogenated alkanes) is 1. The molecule has 0 atom stereocenters. The number of hydrogen-bond acceptors (Lipinski definition) is 4. The van der Waals surface area contributed by atoms with E-state index in [4.69, 9.17) is 15.2 Å². The molecular formula is C14H28N2O3. The lowest BCUT2D eigenvalue weighted by molar-refractivity contribution is -0.135. The van der Waals surface area contributed by atoms with E-state index in [0.717, 1.165) is 32.3 Å². The third kappa shape index (κ3) is 5.47. The molecule has 1 aliphatic heterocycles. The van der Waals surface area contributed by atoms with Gasteiger partial charge in [-0.2, -0.15) is 0 Å². The van der Waals surface area contributed by atoms with E-state index >= 15 is 0 Å². The number of nitrogens with one attached hydrogen (secondary N) is 1. The van der Waals surface area contributed by atoms with Crippen LogP contribution in [0.4, 0.5) is 0 Å². The van der Waals surface area contributed by atoms with Gasteiger partial charge in [0.25, 0.3) is 0 Å². The van der Waals surface area contributed by atoms with Gasteiger partial charge in [-0.3, -0.25) is 4.79 Å². The van der Waals surface area contributed by atoms with Gasteiger partial charge in [-0.15, -0.1) is 0 Å². The zero-order valence-electron chi connectivity index (χ0n) is 12.2. The highest BCUT2D eigenvalue weighted by molar-refractivity contribution is 5.83. The maximum absolute atomic E-state index is 12.2. The van der Waals surface area contributed by atoms with Gasteiger partial charge in [0.05, 0.1) is 11.5 Å². The number of carbonyl (C=O) groups is 1.